The van der Waals surface area contributed by atoms with E-state index in [4.69, 9.17) is 0 Å². The highest BCUT2D eigenvalue weighted by Crippen LogP contribution is 2.27. The number of aromatic hydroxyl groups is 1. The topological polar surface area (TPSA) is 82.2 Å². The van der Waals surface area contributed by atoms with Crippen LogP contribution in [0.3, 0.4) is 0 Å². The molecule has 0 unspecified atom stereocenters. The van der Waals surface area contributed by atoms with E-state index in [2.05, 4.69) is 10.2 Å². The quantitative estimate of drug-likeness (QED) is 0.505. The van der Waals surface area contributed by atoms with Crippen LogP contribution in [0.4, 0.5) is 5.69 Å². The van der Waals surface area contributed by atoms with Crippen LogP contribution in [0.15, 0.2) is 70.5 Å². The van der Waals surface area contributed by atoms with Gasteiger partial charge in [0.25, 0.3) is 0 Å². The van der Waals surface area contributed by atoms with Crippen molar-refractivity contribution in [3.63, 3.8) is 0 Å². The maximum atomic E-state index is 11.6. The van der Waals surface area contributed by atoms with Crippen molar-refractivity contribution in [1.82, 2.24) is 0 Å². The molecular formula is C16H14N2O3. The van der Waals surface area contributed by atoms with Crippen LogP contribution in [0, 0.1) is 0 Å². The molecule has 0 bridgehead atoms. The van der Waals surface area contributed by atoms with Crippen LogP contribution in [0.25, 0.3) is 5.76 Å². The van der Waals surface area contributed by atoms with E-state index in [0.29, 0.717) is 5.56 Å². The molecule has 0 fully saturated rings. The molecule has 21 heavy (non-hydrogen) atoms. The van der Waals surface area contributed by atoms with Gasteiger partial charge in [0.15, 0.2) is 17.2 Å². The van der Waals surface area contributed by atoms with Crippen LogP contribution in [0.2, 0.25) is 0 Å². The van der Waals surface area contributed by atoms with E-state index >= 15 is 0 Å². The number of Topliss-reactive ketones (excluding diaryl/α,β-unsaturated/α-hetero) is 1. The summed E-state index contributed by atoms with van der Waals surface area (Å²) in [5.74, 6) is -0.721. The SMILES string of the molecule is CC(=O)/C(N=Nc1ccccc1O)=C(/O)c1ccccc1. The minimum absolute atomic E-state index is 0.0525. The Morgan fingerprint density at radius 3 is 2.24 bits per heavy atom. The molecule has 0 atom stereocenters. The molecule has 0 aliphatic heterocycles. The fourth-order valence-electron chi connectivity index (χ4n) is 1.67. The van der Waals surface area contributed by atoms with E-state index < -0.39 is 5.78 Å². The zero-order chi connectivity index (χ0) is 15.2. The normalized spacial score (nSPS) is 12.2. The second kappa shape index (κ2) is 6.47. The standard InChI is InChI=1S/C16H14N2O3/c1-11(19)15(16(21)12-7-3-2-4-8-12)18-17-13-9-5-6-10-14(13)20/h2-10,20-21H,1H3/b16-15-,18-17?. The highest BCUT2D eigenvalue weighted by Gasteiger charge is 2.12. The molecule has 5 heteroatoms. The average Bonchev–Trinajstić information content (AvgIpc) is 2.49. The van der Waals surface area contributed by atoms with Crippen molar-refractivity contribution in [3.8, 4) is 5.75 Å². The lowest BCUT2D eigenvalue weighted by Crippen LogP contribution is -1.98. The first kappa shape index (κ1) is 14.5. The third-order valence-corrected chi connectivity index (χ3v) is 2.74. The first-order valence-corrected chi connectivity index (χ1v) is 6.29. The van der Waals surface area contributed by atoms with Crippen molar-refractivity contribution in [3.05, 3.63) is 65.9 Å². The molecule has 0 heterocycles. The summed E-state index contributed by atoms with van der Waals surface area (Å²) in [4.78, 5) is 11.6. The van der Waals surface area contributed by atoms with Gasteiger partial charge in [-0.05, 0) is 12.1 Å². The van der Waals surface area contributed by atoms with Crippen molar-refractivity contribution in [2.45, 2.75) is 6.92 Å². The number of benzene rings is 2. The highest BCUT2D eigenvalue weighted by atomic mass is 16.3. The number of para-hydroxylation sites is 1. The Labute approximate surface area is 121 Å². The van der Waals surface area contributed by atoms with Crippen LogP contribution in [-0.2, 0) is 4.79 Å². The van der Waals surface area contributed by atoms with Gasteiger partial charge in [0.2, 0.25) is 0 Å². The molecular weight excluding hydrogens is 268 g/mol. The number of azo groups is 1. The number of aliphatic hydroxyl groups excluding tert-OH is 1. The van der Waals surface area contributed by atoms with Crippen LogP contribution < -0.4 is 0 Å². The number of phenols is 1. The largest absolute Gasteiger partial charge is 0.506 e. The minimum atomic E-state index is -0.421. The lowest BCUT2D eigenvalue weighted by atomic mass is 10.1. The molecule has 2 rings (SSSR count). The molecule has 0 saturated heterocycles. The molecule has 0 amide bonds. The first-order valence-electron chi connectivity index (χ1n) is 6.29. The Balaban J connectivity index is 2.41. The molecule has 5 nitrogen and oxygen atoms in total. The van der Waals surface area contributed by atoms with Gasteiger partial charge in [0, 0.05) is 12.5 Å². The van der Waals surface area contributed by atoms with Gasteiger partial charge in [0.1, 0.15) is 11.4 Å². The predicted octanol–water partition coefficient (Wildman–Crippen LogP) is 3.99. The Kier molecular flexibility index (Phi) is 4.46. The maximum Gasteiger partial charge on any atom is 0.183 e. The van der Waals surface area contributed by atoms with Crippen molar-refractivity contribution < 1.29 is 15.0 Å². The monoisotopic (exact) mass is 282 g/mol. The van der Waals surface area contributed by atoms with E-state index in [1.807, 2.05) is 0 Å². The number of phenolic OH excluding ortho intramolecular Hbond substituents is 1. The lowest BCUT2D eigenvalue weighted by Gasteiger charge is -2.03. The highest BCUT2D eigenvalue weighted by molar-refractivity contribution is 5.99. The van der Waals surface area contributed by atoms with Crippen molar-refractivity contribution in [2.24, 2.45) is 10.2 Å². The first-order chi connectivity index (χ1) is 10.1. The molecule has 2 aromatic carbocycles. The Hall–Kier alpha value is -2.95. The lowest BCUT2D eigenvalue weighted by molar-refractivity contribution is -0.113. The van der Waals surface area contributed by atoms with Gasteiger partial charge in [-0.2, -0.15) is 0 Å². The van der Waals surface area contributed by atoms with Crippen LogP contribution in [0.1, 0.15) is 12.5 Å². The molecule has 0 radical (unpaired) electrons. The summed E-state index contributed by atoms with van der Waals surface area (Å²) in [6, 6.07) is 14.9. The van der Waals surface area contributed by atoms with Gasteiger partial charge in [-0.3, -0.25) is 4.79 Å². The molecule has 0 aliphatic carbocycles. The fourth-order valence-corrected chi connectivity index (χ4v) is 1.67. The maximum absolute atomic E-state index is 11.6. The van der Waals surface area contributed by atoms with Crippen LogP contribution in [0.5, 0.6) is 5.75 Å². The smallest absolute Gasteiger partial charge is 0.183 e. The summed E-state index contributed by atoms with van der Waals surface area (Å²) in [5.41, 5.74) is 0.528. The second-order valence-corrected chi connectivity index (χ2v) is 4.31. The van der Waals surface area contributed by atoms with E-state index in [-0.39, 0.29) is 22.9 Å². The van der Waals surface area contributed by atoms with E-state index in [9.17, 15) is 15.0 Å². The molecule has 0 aromatic heterocycles. The Morgan fingerprint density at radius 1 is 1.00 bits per heavy atom. The Morgan fingerprint density at radius 2 is 1.62 bits per heavy atom. The number of hydrogen-bond acceptors (Lipinski definition) is 5. The van der Waals surface area contributed by atoms with Crippen LogP contribution >= 0.6 is 0 Å². The van der Waals surface area contributed by atoms with Gasteiger partial charge in [-0.15, -0.1) is 10.2 Å². The summed E-state index contributed by atoms with van der Waals surface area (Å²) in [6.45, 7) is 1.29. The summed E-state index contributed by atoms with van der Waals surface area (Å²) in [5, 5.41) is 27.3. The number of hydrogen-bond donors (Lipinski definition) is 2. The molecule has 2 N–H and O–H groups in total. The van der Waals surface area contributed by atoms with Gasteiger partial charge >= 0.3 is 0 Å². The van der Waals surface area contributed by atoms with Crippen molar-refractivity contribution >= 4 is 17.2 Å². The number of rotatable bonds is 4. The van der Waals surface area contributed by atoms with Crippen molar-refractivity contribution in [2.75, 3.05) is 0 Å². The Bertz CT molecular complexity index is 706. The number of carbonyl (C=O) groups excluding carboxylic acids is 1. The molecule has 2 aromatic rings. The van der Waals surface area contributed by atoms with E-state index in [1.165, 1.54) is 13.0 Å². The zero-order valence-electron chi connectivity index (χ0n) is 11.4. The van der Waals surface area contributed by atoms with Gasteiger partial charge in [0.05, 0.1) is 0 Å². The molecule has 0 spiro atoms. The van der Waals surface area contributed by atoms with Crippen LogP contribution in [-0.4, -0.2) is 16.0 Å². The summed E-state index contributed by atoms with van der Waals surface area (Å²) in [7, 11) is 0. The third-order valence-electron chi connectivity index (χ3n) is 2.74. The zero-order valence-corrected chi connectivity index (χ0v) is 11.4. The van der Waals surface area contributed by atoms with Gasteiger partial charge in [-0.25, -0.2) is 0 Å². The third kappa shape index (κ3) is 3.54. The van der Waals surface area contributed by atoms with Crippen molar-refractivity contribution in [1.29, 1.82) is 0 Å². The summed E-state index contributed by atoms with van der Waals surface area (Å²) >= 11 is 0. The molecule has 0 aliphatic rings. The second-order valence-electron chi connectivity index (χ2n) is 4.31. The number of carbonyl (C=O) groups is 1. The average molecular weight is 282 g/mol. The fraction of sp³-hybridized carbons (Fsp3) is 0.0625. The predicted molar refractivity (Wildman–Crippen MR) is 79.3 cm³/mol. The van der Waals surface area contributed by atoms with Gasteiger partial charge < -0.3 is 10.2 Å². The summed E-state index contributed by atoms with van der Waals surface area (Å²) < 4.78 is 0. The number of nitrogens with zero attached hydrogens (tertiary/aromatic N) is 2. The van der Waals surface area contributed by atoms with E-state index in [1.54, 1.807) is 48.5 Å². The molecule has 0 saturated carbocycles. The number of allylic oxidation sites excluding steroid dienone is 1. The minimum Gasteiger partial charge on any atom is -0.506 e. The van der Waals surface area contributed by atoms with Gasteiger partial charge in [-0.1, -0.05) is 42.5 Å². The number of aliphatic hydroxyl groups is 1. The number of ketones is 1. The molecule has 106 valence electrons. The van der Waals surface area contributed by atoms with E-state index in [0.717, 1.165) is 0 Å². The summed E-state index contributed by atoms with van der Waals surface area (Å²) in [6.07, 6.45) is 0.